The van der Waals surface area contributed by atoms with Gasteiger partial charge in [-0.05, 0) is 96.4 Å². The molecule has 10 heteroatoms. The highest BCUT2D eigenvalue weighted by Gasteiger charge is 2.20. The Morgan fingerprint density at radius 2 is 1.03 bits per heavy atom. The van der Waals surface area contributed by atoms with Crippen LogP contribution < -0.4 is 23.7 Å². The van der Waals surface area contributed by atoms with Crippen molar-refractivity contribution in [2.45, 2.75) is 33.4 Å². The summed E-state index contributed by atoms with van der Waals surface area (Å²) in [6.07, 6.45) is 0. The molecule has 0 aliphatic heterocycles. The number of carbonyl (C=O) groups excluding carboxylic acids is 2. The van der Waals surface area contributed by atoms with Gasteiger partial charge in [0.1, 0.15) is 60.7 Å². The summed E-state index contributed by atoms with van der Waals surface area (Å²) in [7, 11) is 1.44. The SMILES string of the molecule is COc1cc(COc2cccc(OCc3ccc4ccccc4n3)c2)ccc1C(=O)OC(=O)c1cccc(COc2cc(C)cc(OCc3ccc4ccccc4n3)c2)c1. The molecule has 0 saturated carbocycles. The maximum Gasteiger partial charge on any atom is 0.349 e. The van der Waals surface area contributed by atoms with E-state index in [0.29, 0.717) is 41.8 Å². The Labute approximate surface area is 346 Å². The molecule has 8 aromatic rings. The molecule has 298 valence electrons. The maximum absolute atomic E-state index is 13.2. The lowest BCUT2D eigenvalue weighted by atomic mass is 10.1. The van der Waals surface area contributed by atoms with Crippen LogP contribution in [0.15, 0.2) is 158 Å². The number of esters is 2. The van der Waals surface area contributed by atoms with E-state index in [4.69, 9.17) is 28.4 Å². The standard InChI is InChI=1S/C50H40N2O8/c1-33-23-43(28-44(24-33)59-32-40-21-19-37-11-4-6-16-47(37)52-40)57-29-34-9-7-12-38(25-34)49(53)60-50(54)45-22-17-35(26-48(45)55-2)30-56-41-13-8-14-42(27-41)58-31-39-20-18-36-10-3-5-15-46(36)51-39/h3-28H,29-32H2,1-2H3. The topological polar surface area (TPSA) is 115 Å². The molecule has 60 heavy (non-hydrogen) atoms. The Hall–Kier alpha value is -7.72. The van der Waals surface area contributed by atoms with Gasteiger partial charge in [-0.1, -0.05) is 72.8 Å². The van der Waals surface area contributed by atoms with E-state index in [1.165, 1.54) is 7.11 Å². The van der Waals surface area contributed by atoms with Gasteiger partial charge in [-0.15, -0.1) is 0 Å². The van der Waals surface area contributed by atoms with Gasteiger partial charge in [0, 0.05) is 22.9 Å². The number of benzene rings is 6. The van der Waals surface area contributed by atoms with Crippen LogP contribution >= 0.6 is 0 Å². The van der Waals surface area contributed by atoms with Gasteiger partial charge in [0.15, 0.2) is 0 Å². The van der Waals surface area contributed by atoms with Crippen molar-refractivity contribution in [2.24, 2.45) is 0 Å². The third-order valence-electron chi connectivity index (χ3n) is 9.56. The molecular formula is C50H40N2O8. The van der Waals surface area contributed by atoms with Crippen LogP contribution in [0.1, 0.15) is 48.8 Å². The summed E-state index contributed by atoms with van der Waals surface area (Å²) in [4.78, 5) is 35.7. The molecule has 0 unspecified atom stereocenters. The summed E-state index contributed by atoms with van der Waals surface area (Å²) in [6.45, 7) is 2.93. The fourth-order valence-corrected chi connectivity index (χ4v) is 6.54. The number of para-hydroxylation sites is 2. The minimum absolute atomic E-state index is 0.0978. The third-order valence-corrected chi connectivity index (χ3v) is 9.56. The van der Waals surface area contributed by atoms with Crippen LogP contribution in [0.5, 0.6) is 28.7 Å². The molecule has 2 heterocycles. The molecule has 6 aromatic carbocycles. The molecule has 0 spiro atoms. The van der Waals surface area contributed by atoms with Gasteiger partial charge in [0.2, 0.25) is 0 Å². The van der Waals surface area contributed by atoms with E-state index < -0.39 is 11.9 Å². The third kappa shape index (κ3) is 9.86. The van der Waals surface area contributed by atoms with E-state index in [0.717, 1.165) is 44.3 Å². The fourth-order valence-electron chi connectivity index (χ4n) is 6.54. The van der Waals surface area contributed by atoms with Crippen molar-refractivity contribution < 1.29 is 38.0 Å². The Kier molecular flexibility index (Phi) is 11.9. The van der Waals surface area contributed by atoms with Crippen molar-refractivity contribution in [1.82, 2.24) is 9.97 Å². The van der Waals surface area contributed by atoms with E-state index in [9.17, 15) is 9.59 Å². The van der Waals surface area contributed by atoms with Crippen molar-refractivity contribution in [1.29, 1.82) is 0 Å². The van der Waals surface area contributed by atoms with Crippen LogP contribution in [-0.4, -0.2) is 29.0 Å². The van der Waals surface area contributed by atoms with Gasteiger partial charge < -0.3 is 28.4 Å². The minimum atomic E-state index is -0.845. The van der Waals surface area contributed by atoms with Crippen molar-refractivity contribution in [2.75, 3.05) is 7.11 Å². The van der Waals surface area contributed by atoms with Crippen LogP contribution in [-0.2, 0) is 31.2 Å². The Morgan fingerprint density at radius 1 is 0.483 bits per heavy atom. The predicted molar refractivity (Wildman–Crippen MR) is 228 cm³/mol. The number of ether oxygens (including phenoxy) is 6. The molecule has 0 N–H and O–H groups in total. The summed E-state index contributed by atoms with van der Waals surface area (Å²) in [5.41, 5.74) is 6.17. The van der Waals surface area contributed by atoms with Gasteiger partial charge in [0.05, 0.1) is 35.1 Å². The van der Waals surface area contributed by atoms with Gasteiger partial charge in [0.25, 0.3) is 0 Å². The van der Waals surface area contributed by atoms with Crippen molar-refractivity contribution in [3.05, 3.63) is 197 Å². The first-order valence-corrected chi connectivity index (χ1v) is 19.3. The van der Waals surface area contributed by atoms with E-state index in [1.54, 1.807) is 42.5 Å². The second kappa shape index (κ2) is 18.3. The van der Waals surface area contributed by atoms with E-state index in [-0.39, 0.29) is 30.1 Å². The lowest BCUT2D eigenvalue weighted by Crippen LogP contribution is -2.14. The average Bonchev–Trinajstić information content (AvgIpc) is 3.28. The lowest BCUT2D eigenvalue weighted by molar-refractivity contribution is 0.0395. The quantitative estimate of drug-likeness (QED) is 0.0733. The zero-order valence-corrected chi connectivity index (χ0v) is 33.0. The average molecular weight is 797 g/mol. The summed E-state index contributed by atoms with van der Waals surface area (Å²) in [5, 5.41) is 2.14. The number of methoxy groups -OCH3 is 1. The largest absolute Gasteiger partial charge is 0.496 e. The highest BCUT2D eigenvalue weighted by molar-refractivity contribution is 6.04. The molecule has 10 nitrogen and oxygen atoms in total. The number of carbonyl (C=O) groups is 2. The van der Waals surface area contributed by atoms with Gasteiger partial charge in [-0.3, -0.25) is 0 Å². The molecule has 0 bridgehead atoms. The highest BCUT2D eigenvalue weighted by atomic mass is 16.6. The molecule has 0 atom stereocenters. The first-order valence-electron chi connectivity index (χ1n) is 19.3. The van der Waals surface area contributed by atoms with Crippen LogP contribution in [0.4, 0.5) is 0 Å². The second-order valence-corrected chi connectivity index (χ2v) is 14.0. The molecular weight excluding hydrogens is 757 g/mol. The van der Waals surface area contributed by atoms with E-state index in [1.807, 2.05) is 122 Å². The zero-order valence-electron chi connectivity index (χ0n) is 33.0. The molecule has 8 rings (SSSR count). The van der Waals surface area contributed by atoms with Crippen LogP contribution in [0.2, 0.25) is 0 Å². The van der Waals surface area contributed by atoms with Gasteiger partial charge in [-0.2, -0.15) is 0 Å². The number of pyridine rings is 2. The normalized spacial score (nSPS) is 10.9. The monoisotopic (exact) mass is 796 g/mol. The van der Waals surface area contributed by atoms with Gasteiger partial charge in [-0.25, -0.2) is 19.6 Å². The Bertz CT molecular complexity index is 2820. The molecule has 0 amide bonds. The predicted octanol–water partition coefficient (Wildman–Crippen LogP) is 10.4. The Morgan fingerprint density at radius 3 is 1.68 bits per heavy atom. The number of aryl methyl sites for hydroxylation is 1. The van der Waals surface area contributed by atoms with Crippen LogP contribution in [0.25, 0.3) is 21.8 Å². The van der Waals surface area contributed by atoms with Crippen LogP contribution in [0.3, 0.4) is 0 Å². The molecule has 2 aromatic heterocycles. The second-order valence-electron chi connectivity index (χ2n) is 14.0. The first-order chi connectivity index (χ1) is 29.3. The number of aromatic nitrogens is 2. The highest BCUT2D eigenvalue weighted by Crippen LogP contribution is 2.27. The number of hydrogen-bond acceptors (Lipinski definition) is 10. The molecule has 0 aliphatic rings. The number of fused-ring (bicyclic) bond motifs is 2. The maximum atomic E-state index is 13.2. The van der Waals surface area contributed by atoms with Crippen molar-refractivity contribution >= 4 is 33.7 Å². The summed E-state index contributed by atoms with van der Waals surface area (Å²) >= 11 is 0. The molecule has 0 fully saturated rings. The van der Waals surface area contributed by atoms with Crippen molar-refractivity contribution in [3.8, 4) is 28.7 Å². The number of rotatable bonds is 15. The summed E-state index contributed by atoms with van der Waals surface area (Å²) in [5.74, 6) is 1.08. The van der Waals surface area contributed by atoms with Crippen LogP contribution in [0, 0.1) is 6.92 Å². The molecule has 0 radical (unpaired) electrons. The minimum Gasteiger partial charge on any atom is -0.496 e. The lowest BCUT2D eigenvalue weighted by Gasteiger charge is -2.13. The van der Waals surface area contributed by atoms with Gasteiger partial charge >= 0.3 is 11.9 Å². The molecule has 0 aliphatic carbocycles. The first kappa shape index (κ1) is 39.1. The summed E-state index contributed by atoms with van der Waals surface area (Å²) in [6, 6.07) is 48.5. The number of hydrogen-bond donors (Lipinski definition) is 0. The Balaban J connectivity index is 0.836. The summed E-state index contributed by atoms with van der Waals surface area (Å²) < 4.78 is 35.0. The van der Waals surface area contributed by atoms with E-state index in [2.05, 4.69) is 9.97 Å². The van der Waals surface area contributed by atoms with Crippen molar-refractivity contribution in [3.63, 3.8) is 0 Å². The molecule has 0 saturated heterocycles. The smallest absolute Gasteiger partial charge is 0.349 e. The fraction of sp³-hybridized carbons (Fsp3) is 0.120. The number of nitrogens with zero attached hydrogens (tertiary/aromatic N) is 2. The zero-order chi connectivity index (χ0) is 41.3. The van der Waals surface area contributed by atoms with E-state index >= 15 is 0 Å².